The first-order chi connectivity index (χ1) is 14.6. The van der Waals surface area contributed by atoms with Crippen molar-refractivity contribution >= 4 is 46.0 Å². The molecule has 4 aromatic rings. The molecule has 0 atom stereocenters. The van der Waals surface area contributed by atoms with Gasteiger partial charge in [-0.3, -0.25) is 14.3 Å². The van der Waals surface area contributed by atoms with Crippen molar-refractivity contribution in [3.63, 3.8) is 0 Å². The molecule has 30 heavy (non-hydrogen) atoms. The molecule has 9 heteroatoms. The van der Waals surface area contributed by atoms with E-state index < -0.39 is 0 Å². The van der Waals surface area contributed by atoms with Gasteiger partial charge in [-0.25, -0.2) is 9.97 Å². The van der Waals surface area contributed by atoms with Crippen LogP contribution in [0.4, 0.5) is 11.4 Å². The second-order valence-electron chi connectivity index (χ2n) is 6.39. The molecule has 0 saturated heterocycles. The van der Waals surface area contributed by atoms with E-state index in [0.717, 1.165) is 5.39 Å². The van der Waals surface area contributed by atoms with Crippen molar-refractivity contribution < 1.29 is 9.59 Å². The largest absolute Gasteiger partial charge is 0.325 e. The standard InChI is InChI=1S/C21H18N6O2S/c1-27-19-16(11-24-27)21(23-13-22-19)30-12-18(28)26-17-10-6-5-9-15(17)20(29)25-14-7-3-2-4-8-14/h2-11,13H,12H2,1H3,(H,25,29)(H,26,28). The summed E-state index contributed by atoms with van der Waals surface area (Å²) in [5.74, 6) is -0.399. The first-order valence-corrected chi connectivity index (χ1v) is 10.1. The maximum absolute atomic E-state index is 12.7. The summed E-state index contributed by atoms with van der Waals surface area (Å²) in [6.07, 6.45) is 3.13. The molecule has 0 saturated carbocycles. The Hall–Kier alpha value is -3.72. The molecule has 2 aromatic carbocycles. The molecule has 2 N–H and O–H groups in total. The van der Waals surface area contributed by atoms with E-state index in [0.29, 0.717) is 27.6 Å². The number of amides is 2. The number of rotatable bonds is 6. The van der Waals surface area contributed by atoms with Crippen LogP contribution in [0.2, 0.25) is 0 Å². The van der Waals surface area contributed by atoms with Crippen LogP contribution in [0.25, 0.3) is 11.0 Å². The van der Waals surface area contributed by atoms with Crippen LogP contribution in [0.3, 0.4) is 0 Å². The van der Waals surface area contributed by atoms with Gasteiger partial charge in [-0.2, -0.15) is 5.10 Å². The third-order valence-corrected chi connectivity index (χ3v) is 5.32. The van der Waals surface area contributed by atoms with E-state index in [4.69, 9.17) is 0 Å². The third-order valence-electron chi connectivity index (χ3n) is 4.31. The molecule has 8 nitrogen and oxygen atoms in total. The number of aromatic nitrogens is 4. The molecule has 2 aromatic heterocycles. The summed E-state index contributed by atoms with van der Waals surface area (Å²) in [7, 11) is 1.80. The van der Waals surface area contributed by atoms with Crippen molar-refractivity contribution in [1.29, 1.82) is 0 Å². The van der Waals surface area contributed by atoms with Crippen LogP contribution in [0.5, 0.6) is 0 Å². The van der Waals surface area contributed by atoms with Crippen LogP contribution in [0, 0.1) is 0 Å². The summed E-state index contributed by atoms with van der Waals surface area (Å²) in [6, 6.07) is 16.1. The highest BCUT2D eigenvalue weighted by Gasteiger charge is 2.15. The van der Waals surface area contributed by atoms with Crippen LogP contribution in [-0.2, 0) is 11.8 Å². The summed E-state index contributed by atoms with van der Waals surface area (Å²) in [6.45, 7) is 0. The molecule has 0 radical (unpaired) electrons. The van der Waals surface area contributed by atoms with Crippen molar-refractivity contribution in [3.8, 4) is 0 Å². The lowest BCUT2D eigenvalue weighted by Gasteiger charge is -2.11. The molecular formula is C21H18N6O2S. The average molecular weight is 418 g/mol. The number of benzene rings is 2. The SMILES string of the molecule is Cn1ncc2c(SCC(=O)Nc3ccccc3C(=O)Nc3ccccc3)ncnc21. The number of anilines is 2. The quantitative estimate of drug-likeness (QED) is 0.368. The first kappa shape index (κ1) is 19.6. The lowest BCUT2D eigenvalue weighted by Crippen LogP contribution is -2.19. The van der Waals surface area contributed by atoms with Crippen molar-refractivity contribution in [2.75, 3.05) is 16.4 Å². The van der Waals surface area contributed by atoms with E-state index in [1.165, 1.54) is 18.1 Å². The Morgan fingerprint density at radius 3 is 2.60 bits per heavy atom. The van der Waals surface area contributed by atoms with Crippen molar-refractivity contribution in [2.45, 2.75) is 5.03 Å². The van der Waals surface area contributed by atoms with E-state index in [9.17, 15) is 9.59 Å². The summed E-state index contributed by atoms with van der Waals surface area (Å²) >= 11 is 1.29. The zero-order valence-corrected chi connectivity index (χ0v) is 16.9. The summed E-state index contributed by atoms with van der Waals surface area (Å²) in [5, 5.41) is 11.3. The molecule has 0 aliphatic heterocycles. The van der Waals surface area contributed by atoms with Crippen LogP contribution >= 0.6 is 11.8 Å². The number of aryl methyl sites for hydroxylation is 1. The second kappa shape index (κ2) is 8.75. The lowest BCUT2D eigenvalue weighted by molar-refractivity contribution is -0.113. The van der Waals surface area contributed by atoms with Gasteiger partial charge in [0.15, 0.2) is 5.65 Å². The lowest BCUT2D eigenvalue weighted by atomic mass is 10.1. The molecule has 0 bridgehead atoms. The number of nitrogens with one attached hydrogen (secondary N) is 2. The minimum absolute atomic E-state index is 0.135. The van der Waals surface area contributed by atoms with Crippen molar-refractivity contribution in [3.05, 3.63) is 72.7 Å². The zero-order chi connectivity index (χ0) is 20.9. The molecule has 0 spiro atoms. The van der Waals surface area contributed by atoms with E-state index in [-0.39, 0.29) is 17.6 Å². The zero-order valence-electron chi connectivity index (χ0n) is 16.1. The van der Waals surface area contributed by atoms with E-state index >= 15 is 0 Å². The Morgan fingerprint density at radius 2 is 1.77 bits per heavy atom. The fourth-order valence-corrected chi connectivity index (χ4v) is 3.65. The first-order valence-electron chi connectivity index (χ1n) is 9.12. The number of para-hydroxylation sites is 2. The molecule has 150 valence electrons. The van der Waals surface area contributed by atoms with Crippen LogP contribution in [0.15, 0.2) is 72.1 Å². The smallest absolute Gasteiger partial charge is 0.257 e. The number of carbonyl (C=O) groups excluding carboxylic acids is 2. The van der Waals surface area contributed by atoms with E-state index in [2.05, 4.69) is 25.7 Å². The molecule has 0 unspecified atom stereocenters. The van der Waals surface area contributed by atoms with Gasteiger partial charge in [-0.05, 0) is 24.3 Å². The van der Waals surface area contributed by atoms with E-state index in [1.807, 2.05) is 18.2 Å². The van der Waals surface area contributed by atoms with Gasteiger partial charge in [0.1, 0.15) is 11.4 Å². The summed E-state index contributed by atoms with van der Waals surface area (Å²) in [5.41, 5.74) is 2.22. The van der Waals surface area contributed by atoms with Crippen LogP contribution < -0.4 is 10.6 Å². The molecule has 4 rings (SSSR count). The van der Waals surface area contributed by atoms with Crippen molar-refractivity contribution in [1.82, 2.24) is 19.7 Å². The summed E-state index contributed by atoms with van der Waals surface area (Å²) < 4.78 is 1.66. The molecular weight excluding hydrogens is 400 g/mol. The maximum atomic E-state index is 12.7. The number of hydrogen-bond acceptors (Lipinski definition) is 6. The molecule has 0 aliphatic rings. The second-order valence-corrected chi connectivity index (χ2v) is 7.35. The highest BCUT2D eigenvalue weighted by Crippen LogP contribution is 2.24. The van der Waals surface area contributed by atoms with Crippen molar-refractivity contribution in [2.24, 2.45) is 7.05 Å². The number of nitrogens with zero attached hydrogens (tertiary/aromatic N) is 4. The number of thioether (sulfide) groups is 1. The Kier molecular flexibility index (Phi) is 5.71. The molecule has 0 aliphatic carbocycles. The Balaban J connectivity index is 1.44. The van der Waals surface area contributed by atoms with Gasteiger partial charge >= 0.3 is 0 Å². The van der Waals surface area contributed by atoms with Gasteiger partial charge < -0.3 is 10.6 Å². The topological polar surface area (TPSA) is 102 Å². The fraction of sp³-hybridized carbons (Fsp3) is 0.0952. The molecule has 2 amide bonds. The minimum atomic E-state index is -0.294. The minimum Gasteiger partial charge on any atom is -0.325 e. The van der Waals surface area contributed by atoms with Gasteiger partial charge in [-0.1, -0.05) is 42.1 Å². The van der Waals surface area contributed by atoms with E-state index in [1.54, 1.807) is 54.3 Å². The fourth-order valence-electron chi connectivity index (χ4n) is 2.89. The highest BCUT2D eigenvalue weighted by atomic mass is 32.2. The number of hydrogen-bond donors (Lipinski definition) is 2. The number of fused-ring (bicyclic) bond motifs is 1. The normalized spacial score (nSPS) is 10.7. The van der Waals surface area contributed by atoms with Gasteiger partial charge in [0.05, 0.1) is 28.6 Å². The van der Waals surface area contributed by atoms with Gasteiger partial charge in [0.25, 0.3) is 5.91 Å². The predicted octanol–water partition coefficient (Wildman–Crippen LogP) is 3.35. The van der Waals surface area contributed by atoms with Crippen LogP contribution in [0.1, 0.15) is 10.4 Å². The monoisotopic (exact) mass is 418 g/mol. The molecule has 0 fully saturated rings. The summed E-state index contributed by atoms with van der Waals surface area (Å²) in [4.78, 5) is 33.6. The van der Waals surface area contributed by atoms with Gasteiger partial charge in [0.2, 0.25) is 5.91 Å². The Bertz CT molecular complexity index is 1210. The average Bonchev–Trinajstić information content (AvgIpc) is 3.15. The maximum Gasteiger partial charge on any atom is 0.257 e. The molecule has 2 heterocycles. The Labute approximate surface area is 176 Å². The highest BCUT2D eigenvalue weighted by molar-refractivity contribution is 8.00. The van der Waals surface area contributed by atoms with Crippen LogP contribution in [-0.4, -0.2) is 37.3 Å². The van der Waals surface area contributed by atoms with Gasteiger partial charge in [0, 0.05) is 12.7 Å². The Morgan fingerprint density at radius 1 is 1.00 bits per heavy atom. The number of carbonyl (C=O) groups is 2. The van der Waals surface area contributed by atoms with Gasteiger partial charge in [-0.15, -0.1) is 0 Å². The third kappa shape index (κ3) is 4.31. The predicted molar refractivity (Wildman–Crippen MR) is 116 cm³/mol.